The van der Waals surface area contributed by atoms with Crippen molar-refractivity contribution < 1.29 is 14.3 Å². The SMILES string of the molecule is COc1ccc(CCNC(=O)/C(C#N)=C2\N=C(NC(=O)c3ccccc3Cl)c3ccccc32)cc1. The van der Waals surface area contributed by atoms with Crippen LogP contribution in [0.1, 0.15) is 27.0 Å². The third-order valence-corrected chi connectivity index (χ3v) is 5.77. The van der Waals surface area contributed by atoms with E-state index in [4.69, 9.17) is 16.3 Å². The lowest BCUT2D eigenvalue weighted by Crippen LogP contribution is -2.30. The maximum Gasteiger partial charge on any atom is 0.264 e. The highest BCUT2D eigenvalue weighted by Gasteiger charge is 2.27. The monoisotopic (exact) mass is 484 g/mol. The zero-order valence-electron chi connectivity index (χ0n) is 18.8. The van der Waals surface area contributed by atoms with Crippen LogP contribution in [0, 0.1) is 11.3 Å². The molecule has 174 valence electrons. The second kappa shape index (κ2) is 10.7. The van der Waals surface area contributed by atoms with Gasteiger partial charge in [0.25, 0.3) is 11.8 Å². The Labute approximate surface area is 207 Å². The summed E-state index contributed by atoms with van der Waals surface area (Å²) in [4.78, 5) is 30.1. The largest absolute Gasteiger partial charge is 0.497 e. The number of halogens is 1. The number of amidine groups is 1. The van der Waals surface area contributed by atoms with Crippen molar-refractivity contribution in [2.24, 2.45) is 4.99 Å². The topological polar surface area (TPSA) is 104 Å². The van der Waals surface area contributed by atoms with E-state index in [0.717, 1.165) is 11.3 Å². The lowest BCUT2D eigenvalue weighted by molar-refractivity contribution is -0.117. The number of hydrogen-bond donors (Lipinski definition) is 2. The van der Waals surface area contributed by atoms with Crippen molar-refractivity contribution in [2.75, 3.05) is 13.7 Å². The fourth-order valence-electron chi connectivity index (χ4n) is 3.65. The summed E-state index contributed by atoms with van der Waals surface area (Å²) < 4.78 is 5.15. The van der Waals surface area contributed by atoms with Crippen molar-refractivity contribution >= 4 is 34.9 Å². The van der Waals surface area contributed by atoms with E-state index < -0.39 is 11.8 Å². The molecule has 1 aliphatic heterocycles. The first kappa shape index (κ1) is 23.7. The zero-order chi connectivity index (χ0) is 24.8. The van der Waals surface area contributed by atoms with Crippen LogP contribution in [-0.2, 0) is 11.2 Å². The number of carbonyl (C=O) groups excluding carboxylic acids is 2. The molecule has 1 aliphatic rings. The van der Waals surface area contributed by atoms with Gasteiger partial charge in [0.1, 0.15) is 23.2 Å². The Bertz CT molecular complexity index is 1390. The predicted molar refractivity (Wildman–Crippen MR) is 134 cm³/mol. The summed E-state index contributed by atoms with van der Waals surface area (Å²) >= 11 is 6.14. The summed E-state index contributed by atoms with van der Waals surface area (Å²) in [5.74, 6) is 0.0323. The molecular weight excluding hydrogens is 464 g/mol. The lowest BCUT2D eigenvalue weighted by atomic mass is 10.0. The molecule has 4 rings (SSSR count). The number of carbonyl (C=O) groups is 2. The van der Waals surface area contributed by atoms with Gasteiger partial charge in [-0.2, -0.15) is 5.26 Å². The molecule has 8 heteroatoms. The van der Waals surface area contributed by atoms with Gasteiger partial charge < -0.3 is 15.4 Å². The first-order valence-corrected chi connectivity index (χ1v) is 11.2. The molecule has 0 bridgehead atoms. The Morgan fingerprint density at radius 2 is 1.69 bits per heavy atom. The minimum atomic E-state index is -0.534. The fourth-order valence-corrected chi connectivity index (χ4v) is 3.87. The van der Waals surface area contributed by atoms with Crippen molar-refractivity contribution in [1.82, 2.24) is 10.6 Å². The number of aliphatic imine (C=N–C) groups is 1. The normalized spacial score (nSPS) is 13.2. The van der Waals surface area contributed by atoms with Gasteiger partial charge in [0, 0.05) is 17.7 Å². The van der Waals surface area contributed by atoms with E-state index in [2.05, 4.69) is 15.6 Å². The summed E-state index contributed by atoms with van der Waals surface area (Å²) in [6.07, 6.45) is 0.586. The van der Waals surface area contributed by atoms with Crippen LogP contribution in [0.15, 0.2) is 83.4 Å². The molecule has 0 radical (unpaired) electrons. The minimum absolute atomic E-state index is 0.130. The average molecular weight is 485 g/mol. The number of nitrogens with one attached hydrogen (secondary N) is 2. The zero-order valence-corrected chi connectivity index (χ0v) is 19.6. The van der Waals surface area contributed by atoms with Crippen LogP contribution >= 0.6 is 11.6 Å². The van der Waals surface area contributed by atoms with Gasteiger partial charge in [-0.25, -0.2) is 4.99 Å². The van der Waals surface area contributed by atoms with Gasteiger partial charge in [0.15, 0.2) is 0 Å². The van der Waals surface area contributed by atoms with E-state index in [0.29, 0.717) is 34.7 Å². The maximum atomic E-state index is 12.9. The maximum absolute atomic E-state index is 12.9. The number of hydrogen-bond acceptors (Lipinski definition) is 5. The standard InChI is InChI=1S/C27H21ClN4O3/c1-35-18-12-10-17(11-13-18)14-15-30-26(33)22(16-29)24-19-6-2-3-7-20(19)25(31-24)32-27(34)21-8-4-5-9-23(21)28/h2-13H,14-15H2,1H3,(H,30,33)(H,31,32,34)/b24-22-. The van der Waals surface area contributed by atoms with Gasteiger partial charge in [-0.3, -0.25) is 9.59 Å². The molecule has 0 saturated carbocycles. The molecule has 0 unspecified atom stereocenters. The Hall–Kier alpha value is -4.41. The van der Waals surface area contributed by atoms with Gasteiger partial charge in [0.05, 0.1) is 23.4 Å². The van der Waals surface area contributed by atoms with Crippen LogP contribution in [0.3, 0.4) is 0 Å². The van der Waals surface area contributed by atoms with Crippen LogP contribution < -0.4 is 15.4 Å². The van der Waals surface area contributed by atoms with Crippen molar-refractivity contribution in [3.63, 3.8) is 0 Å². The van der Waals surface area contributed by atoms with Gasteiger partial charge in [0.2, 0.25) is 0 Å². The Balaban J connectivity index is 1.54. The van der Waals surface area contributed by atoms with Crippen LogP contribution in [-0.4, -0.2) is 31.3 Å². The number of benzene rings is 3. The number of nitrogens with zero attached hydrogens (tertiary/aromatic N) is 2. The summed E-state index contributed by atoms with van der Waals surface area (Å²) in [6.45, 7) is 0.338. The molecule has 35 heavy (non-hydrogen) atoms. The highest BCUT2D eigenvalue weighted by Crippen LogP contribution is 2.31. The fraction of sp³-hybridized carbons (Fsp3) is 0.111. The summed E-state index contributed by atoms with van der Waals surface area (Å²) in [7, 11) is 1.60. The Morgan fingerprint density at radius 3 is 2.37 bits per heavy atom. The van der Waals surface area contributed by atoms with E-state index in [1.807, 2.05) is 30.3 Å². The van der Waals surface area contributed by atoms with Gasteiger partial charge in [-0.15, -0.1) is 0 Å². The number of ether oxygens (including phenoxy) is 1. The predicted octanol–water partition coefficient (Wildman–Crippen LogP) is 4.13. The van der Waals surface area contributed by atoms with Gasteiger partial charge in [-0.05, 0) is 36.2 Å². The van der Waals surface area contributed by atoms with Crippen LogP contribution in [0.4, 0.5) is 0 Å². The Morgan fingerprint density at radius 1 is 1.00 bits per heavy atom. The summed E-state index contributed by atoms with van der Waals surface area (Å²) in [6, 6.07) is 23.3. The van der Waals surface area contributed by atoms with Gasteiger partial charge >= 0.3 is 0 Å². The molecule has 2 amide bonds. The smallest absolute Gasteiger partial charge is 0.264 e. The average Bonchev–Trinajstić information content (AvgIpc) is 3.23. The molecular formula is C27H21ClN4O3. The second-order valence-electron chi connectivity index (χ2n) is 7.63. The number of fused-ring (bicyclic) bond motifs is 1. The van der Waals surface area contributed by atoms with Crippen molar-refractivity contribution in [1.29, 1.82) is 5.26 Å². The van der Waals surface area contributed by atoms with Crippen LogP contribution in [0.2, 0.25) is 5.02 Å². The quantitative estimate of drug-likeness (QED) is 0.405. The molecule has 0 aromatic heterocycles. The number of methoxy groups -OCH3 is 1. The lowest BCUT2D eigenvalue weighted by Gasteiger charge is -2.07. The van der Waals surface area contributed by atoms with Crippen molar-refractivity contribution in [3.05, 3.63) is 106 Å². The molecule has 1 heterocycles. The van der Waals surface area contributed by atoms with E-state index >= 15 is 0 Å². The van der Waals surface area contributed by atoms with E-state index in [9.17, 15) is 14.9 Å². The molecule has 0 aliphatic carbocycles. The molecule has 2 N–H and O–H groups in total. The molecule has 0 atom stereocenters. The van der Waals surface area contributed by atoms with Gasteiger partial charge in [-0.1, -0.05) is 60.1 Å². The number of amides is 2. The van der Waals surface area contributed by atoms with Crippen LogP contribution in [0.5, 0.6) is 5.75 Å². The van der Waals surface area contributed by atoms with Crippen molar-refractivity contribution in [3.8, 4) is 11.8 Å². The van der Waals surface area contributed by atoms with Crippen LogP contribution in [0.25, 0.3) is 5.70 Å². The van der Waals surface area contributed by atoms with E-state index in [1.165, 1.54) is 0 Å². The van der Waals surface area contributed by atoms with Crippen molar-refractivity contribution in [2.45, 2.75) is 6.42 Å². The highest BCUT2D eigenvalue weighted by atomic mass is 35.5. The molecule has 3 aromatic rings. The second-order valence-corrected chi connectivity index (χ2v) is 8.04. The molecule has 7 nitrogen and oxygen atoms in total. The van der Waals surface area contributed by atoms with E-state index in [1.54, 1.807) is 55.6 Å². The minimum Gasteiger partial charge on any atom is -0.497 e. The Kier molecular flexibility index (Phi) is 7.24. The molecule has 0 saturated heterocycles. The number of rotatable bonds is 6. The molecule has 0 fully saturated rings. The molecule has 3 aromatic carbocycles. The number of nitriles is 1. The third-order valence-electron chi connectivity index (χ3n) is 5.45. The first-order chi connectivity index (χ1) is 17.0. The van der Waals surface area contributed by atoms with E-state index in [-0.39, 0.29) is 17.1 Å². The summed E-state index contributed by atoms with van der Waals surface area (Å²) in [5, 5.41) is 15.6. The summed E-state index contributed by atoms with van der Waals surface area (Å²) in [5.41, 5.74) is 2.59. The molecule has 0 spiro atoms. The first-order valence-electron chi connectivity index (χ1n) is 10.8. The highest BCUT2D eigenvalue weighted by molar-refractivity contribution is 6.34. The third kappa shape index (κ3) is 5.24.